The first-order valence-electron chi connectivity index (χ1n) is 8.26. The topological polar surface area (TPSA) is 35.5 Å². The van der Waals surface area contributed by atoms with E-state index in [2.05, 4.69) is 48.3 Å². The van der Waals surface area contributed by atoms with Gasteiger partial charge in [-0.2, -0.15) is 0 Å². The van der Waals surface area contributed by atoms with Crippen molar-refractivity contribution >= 4 is 5.69 Å². The summed E-state index contributed by atoms with van der Waals surface area (Å²) in [5.74, 6) is 0.575. The first kappa shape index (κ1) is 16.3. The summed E-state index contributed by atoms with van der Waals surface area (Å²) in [5.41, 5.74) is 2.58. The number of anilines is 1. The Balaban J connectivity index is 2.00. The van der Waals surface area contributed by atoms with Crippen LogP contribution in [-0.4, -0.2) is 37.4 Å². The van der Waals surface area contributed by atoms with E-state index in [-0.39, 0.29) is 12.1 Å². The summed E-state index contributed by atoms with van der Waals surface area (Å²) in [5, 5.41) is 13.2. The minimum atomic E-state index is -0.0496. The fraction of sp³-hybridized carbons (Fsp3) is 0.667. The van der Waals surface area contributed by atoms with Gasteiger partial charge < -0.3 is 15.3 Å². The normalized spacial score (nSPS) is 25.2. The van der Waals surface area contributed by atoms with Gasteiger partial charge in [-0.25, -0.2) is 0 Å². The lowest BCUT2D eigenvalue weighted by atomic mass is 9.85. The Kier molecular flexibility index (Phi) is 5.65. The Labute approximate surface area is 129 Å². The molecule has 1 aromatic carbocycles. The molecule has 1 aliphatic carbocycles. The Hall–Kier alpha value is -1.06. The maximum Gasteiger partial charge on any atom is 0.0615 e. The largest absolute Gasteiger partial charge is 0.394 e. The molecule has 1 saturated carbocycles. The second-order valence-electron chi connectivity index (χ2n) is 6.36. The van der Waals surface area contributed by atoms with Gasteiger partial charge in [0.2, 0.25) is 0 Å². The van der Waals surface area contributed by atoms with Gasteiger partial charge in [0, 0.05) is 24.3 Å². The predicted molar refractivity (Wildman–Crippen MR) is 89.9 cm³/mol. The fourth-order valence-electron chi connectivity index (χ4n) is 3.79. The third kappa shape index (κ3) is 3.58. The highest BCUT2D eigenvalue weighted by Crippen LogP contribution is 2.37. The molecule has 2 atom stereocenters. The molecule has 0 amide bonds. The van der Waals surface area contributed by atoms with Crippen LogP contribution in [0.1, 0.15) is 38.2 Å². The van der Waals surface area contributed by atoms with Crippen LogP contribution >= 0.6 is 0 Å². The molecule has 2 unspecified atom stereocenters. The van der Waals surface area contributed by atoms with Crippen molar-refractivity contribution in [2.75, 3.05) is 31.6 Å². The van der Waals surface area contributed by atoms with Gasteiger partial charge in [0.05, 0.1) is 6.61 Å². The van der Waals surface area contributed by atoms with Crippen molar-refractivity contribution in [2.24, 2.45) is 5.92 Å². The van der Waals surface area contributed by atoms with Crippen LogP contribution in [0, 0.1) is 12.8 Å². The number of hydrogen-bond donors (Lipinski definition) is 2. The lowest BCUT2D eigenvalue weighted by Gasteiger charge is -2.35. The zero-order chi connectivity index (χ0) is 15.3. The van der Waals surface area contributed by atoms with E-state index in [9.17, 15) is 5.11 Å². The van der Waals surface area contributed by atoms with Gasteiger partial charge in [-0.3, -0.25) is 0 Å². The first-order chi connectivity index (χ1) is 10.1. The smallest absolute Gasteiger partial charge is 0.0615 e. The van der Waals surface area contributed by atoms with E-state index in [0.29, 0.717) is 5.92 Å². The van der Waals surface area contributed by atoms with Crippen LogP contribution in [0.15, 0.2) is 24.3 Å². The molecule has 0 heterocycles. The van der Waals surface area contributed by atoms with Crippen LogP contribution < -0.4 is 10.2 Å². The number of likely N-dealkylation sites (N-methyl/N-ethyl adjacent to an activating group) is 1. The zero-order valence-corrected chi connectivity index (χ0v) is 13.7. The third-order valence-electron chi connectivity index (χ3n) is 5.23. The summed E-state index contributed by atoms with van der Waals surface area (Å²) in [6.45, 7) is 6.71. The summed E-state index contributed by atoms with van der Waals surface area (Å²) < 4.78 is 0. The maximum atomic E-state index is 9.79. The molecule has 0 bridgehead atoms. The number of nitrogens with zero attached hydrogens (tertiary/aromatic N) is 1. The van der Waals surface area contributed by atoms with Crippen molar-refractivity contribution in [3.8, 4) is 0 Å². The van der Waals surface area contributed by atoms with Crippen LogP contribution in [0.25, 0.3) is 0 Å². The zero-order valence-electron chi connectivity index (χ0n) is 13.7. The monoisotopic (exact) mass is 290 g/mol. The molecule has 2 N–H and O–H groups in total. The number of hydrogen-bond acceptors (Lipinski definition) is 3. The van der Waals surface area contributed by atoms with Crippen LogP contribution in [0.4, 0.5) is 5.69 Å². The molecule has 0 spiro atoms. The minimum absolute atomic E-state index is 0.0496. The molecule has 0 saturated heterocycles. The molecule has 21 heavy (non-hydrogen) atoms. The van der Waals surface area contributed by atoms with Crippen molar-refractivity contribution in [2.45, 2.75) is 45.1 Å². The number of aryl methyl sites for hydroxylation is 1. The molecule has 0 aromatic heterocycles. The first-order valence-corrected chi connectivity index (χ1v) is 8.26. The predicted octanol–water partition coefficient (Wildman–Crippen LogP) is 2.96. The SMILES string of the molecule is CCN(CCC1CCCC1(CO)NC)c1cccc(C)c1. The fourth-order valence-corrected chi connectivity index (χ4v) is 3.79. The molecule has 3 nitrogen and oxygen atoms in total. The van der Waals surface area contributed by atoms with Crippen molar-refractivity contribution in [3.63, 3.8) is 0 Å². The molecule has 118 valence electrons. The molecule has 1 aliphatic rings. The summed E-state index contributed by atoms with van der Waals surface area (Å²) in [4.78, 5) is 2.45. The van der Waals surface area contributed by atoms with Crippen molar-refractivity contribution < 1.29 is 5.11 Å². The Morgan fingerprint density at radius 3 is 2.86 bits per heavy atom. The lowest BCUT2D eigenvalue weighted by molar-refractivity contribution is 0.128. The summed E-state index contributed by atoms with van der Waals surface area (Å²) >= 11 is 0. The minimum Gasteiger partial charge on any atom is -0.394 e. The van der Waals surface area contributed by atoms with Gasteiger partial charge in [-0.05, 0) is 63.8 Å². The molecule has 3 heteroatoms. The molecular formula is C18H30N2O. The van der Waals surface area contributed by atoms with E-state index < -0.39 is 0 Å². The van der Waals surface area contributed by atoms with E-state index in [1.54, 1.807) is 0 Å². The lowest BCUT2D eigenvalue weighted by Crippen LogP contribution is -2.50. The number of aliphatic hydroxyl groups excluding tert-OH is 1. The van der Waals surface area contributed by atoms with Gasteiger partial charge in [0.25, 0.3) is 0 Å². The summed E-state index contributed by atoms with van der Waals surface area (Å²) in [7, 11) is 1.99. The number of nitrogens with one attached hydrogen (secondary N) is 1. The van der Waals surface area contributed by atoms with E-state index in [4.69, 9.17) is 0 Å². The van der Waals surface area contributed by atoms with Crippen LogP contribution in [0.5, 0.6) is 0 Å². The third-order valence-corrected chi connectivity index (χ3v) is 5.23. The summed E-state index contributed by atoms with van der Waals surface area (Å²) in [6, 6.07) is 8.73. The summed E-state index contributed by atoms with van der Waals surface area (Å²) in [6.07, 6.45) is 4.69. The van der Waals surface area contributed by atoms with Gasteiger partial charge in [0.15, 0.2) is 0 Å². The molecule has 0 aliphatic heterocycles. The van der Waals surface area contributed by atoms with Crippen LogP contribution in [0.3, 0.4) is 0 Å². The van der Waals surface area contributed by atoms with Crippen molar-refractivity contribution in [3.05, 3.63) is 29.8 Å². The standard InChI is InChI=1S/C18H30N2O/c1-4-20(17-9-5-7-15(2)13-17)12-10-16-8-6-11-18(16,14-21)19-3/h5,7,9,13,16,19,21H,4,6,8,10-12,14H2,1-3H3. The van der Waals surface area contributed by atoms with Gasteiger partial charge in [-0.1, -0.05) is 18.6 Å². The maximum absolute atomic E-state index is 9.79. The van der Waals surface area contributed by atoms with Gasteiger partial charge in [-0.15, -0.1) is 0 Å². The molecular weight excluding hydrogens is 260 g/mol. The molecule has 1 fully saturated rings. The van der Waals surface area contributed by atoms with E-state index in [1.165, 1.54) is 24.1 Å². The number of rotatable bonds is 7. The van der Waals surface area contributed by atoms with Gasteiger partial charge >= 0.3 is 0 Å². The van der Waals surface area contributed by atoms with Crippen LogP contribution in [0.2, 0.25) is 0 Å². The van der Waals surface area contributed by atoms with Crippen molar-refractivity contribution in [1.29, 1.82) is 0 Å². The number of aliphatic hydroxyl groups is 1. The molecule has 2 rings (SSSR count). The Bertz CT molecular complexity index is 443. The average Bonchev–Trinajstić information content (AvgIpc) is 2.91. The van der Waals surface area contributed by atoms with Crippen molar-refractivity contribution in [1.82, 2.24) is 5.32 Å². The second kappa shape index (κ2) is 7.28. The van der Waals surface area contributed by atoms with E-state index in [0.717, 1.165) is 25.9 Å². The highest BCUT2D eigenvalue weighted by Gasteiger charge is 2.40. The van der Waals surface area contributed by atoms with Crippen LogP contribution in [-0.2, 0) is 0 Å². The number of benzene rings is 1. The highest BCUT2D eigenvalue weighted by atomic mass is 16.3. The molecule has 1 aromatic rings. The Morgan fingerprint density at radius 1 is 1.43 bits per heavy atom. The second-order valence-corrected chi connectivity index (χ2v) is 6.36. The molecule has 0 radical (unpaired) electrons. The highest BCUT2D eigenvalue weighted by molar-refractivity contribution is 5.48. The quantitative estimate of drug-likeness (QED) is 0.810. The van der Waals surface area contributed by atoms with Gasteiger partial charge in [0.1, 0.15) is 0 Å². The average molecular weight is 290 g/mol. The van der Waals surface area contributed by atoms with E-state index in [1.807, 2.05) is 7.05 Å². The van der Waals surface area contributed by atoms with E-state index >= 15 is 0 Å². The Morgan fingerprint density at radius 2 is 2.24 bits per heavy atom.